The molecule has 0 saturated carbocycles. The Balaban J connectivity index is 2.00. The molecule has 26 heavy (non-hydrogen) atoms. The maximum absolute atomic E-state index is 12.6. The van der Waals surface area contributed by atoms with Crippen LogP contribution in [0.2, 0.25) is 10.0 Å². The van der Waals surface area contributed by atoms with Crippen LogP contribution in [0.5, 0.6) is 0 Å². The number of carbonyl (C=O) groups is 2. The predicted octanol–water partition coefficient (Wildman–Crippen LogP) is 4.49. The lowest BCUT2D eigenvalue weighted by atomic mass is 10.1. The Hall–Kier alpha value is -1.69. The number of thioether (sulfide) groups is 1. The molecule has 0 aliphatic carbocycles. The molecular formula is C19H20Cl2N2O2S. The van der Waals surface area contributed by atoms with Gasteiger partial charge in [0.25, 0.3) is 5.91 Å². The van der Waals surface area contributed by atoms with Crippen LogP contribution in [-0.2, 0) is 11.3 Å². The van der Waals surface area contributed by atoms with Gasteiger partial charge in [-0.25, -0.2) is 0 Å². The molecule has 0 aliphatic heterocycles. The van der Waals surface area contributed by atoms with E-state index in [1.165, 1.54) is 11.8 Å². The topological polar surface area (TPSA) is 49.4 Å². The van der Waals surface area contributed by atoms with Crippen molar-refractivity contribution in [3.8, 4) is 0 Å². The molecule has 2 rings (SSSR count). The lowest BCUT2D eigenvalue weighted by Crippen LogP contribution is -2.32. The molecule has 1 unspecified atom stereocenters. The van der Waals surface area contributed by atoms with Crippen LogP contribution in [0.4, 0.5) is 0 Å². The molecule has 0 spiro atoms. The Kier molecular flexibility index (Phi) is 7.38. The maximum atomic E-state index is 12.6. The van der Waals surface area contributed by atoms with Crippen molar-refractivity contribution in [2.24, 2.45) is 0 Å². The van der Waals surface area contributed by atoms with Gasteiger partial charge in [0.05, 0.1) is 10.3 Å². The van der Waals surface area contributed by atoms with Crippen LogP contribution < -0.4 is 5.32 Å². The van der Waals surface area contributed by atoms with Crippen LogP contribution >= 0.6 is 35.0 Å². The van der Waals surface area contributed by atoms with E-state index in [0.29, 0.717) is 22.2 Å². The molecular weight excluding hydrogens is 391 g/mol. The van der Waals surface area contributed by atoms with Crippen LogP contribution in [0.15, 0.2) is 47.4 Å². The van der Waals surface area contributed by atoms with E-state index in [4.69, 9.17) is 23.2 Å². The SMILES string of the molecule is CNC(=O)c1ccc(CN(C)C(=O)C(C)Sc2cc(Cl)ccc2Cl)cc1. The molecule has 2 aromatic rings. The third-order valence-electron chi connectivity index (χ3n) is 3.78. The molecule has 4 nitrogen and oxygen atoms in total. The number of hydrogen-bond donors (Lipinski definition) is 1. The summed E-state index contributed by atoms with van der Waals surface area (Å²) in [6.07, 6.45) is 0. The summed E-state index contributed by atoms with van der Waals surface area (Å²) in [7, 11) is 3.35. The van der Waals surface area contributed by atoms with E-state index in [0.717, 1.165) is 10.5 Å². The van der Waals surface area contributed by atoms with Crippen molar-refractivity contribution in [3.63, 3.8) is 0 Å². The monoisotopic (exact) mass is 410 g/mol. The van der Waals surface area contributed by atoms with Gasteiger partial charge in [-0.3, -0.25) is 9.59 Å². The third-order valence-corrected chi connectivity index (χ3v) is 5.61. The number of amides is 2. The Labute approximate surface area is 167 Å². The number of carbonyl (C=O) groups excluding carboxylic acids is 2. The minimum atomic E-state index is -0.305. The first-order chi connectivity index (χ1) is 12.3. The molecule has 0 bridgehead atoms. The van der Waals surface area contributed by atoms with Crippen molar-refractivity contribution >= 4 is 46.8 Å². The van der Waals surface area contributed by atoms with Crippen molar-refractivity contribution in [3.05, 3.63) is 63.6 Å². The van der Waals surface area contributed by atoms with Gasteiger partial charge in [0.2, 0.25) is 5.91 Å². The molecule has 0 aliphatic rings. The normalized spacial score (nSPS) is 11.7. The van der Waals surface area contributed by atoms with E-state index in [2.05, 4.69) is 5.32 Å². The second kappa shape index (κ2) is 9.31. The van der Waals surface area contributed by atoms with Crippen LogP contribution in [0.25, 0.3) is 0 Å². The molecule has 1 atom stereocenters. The average molecular weight is 411 g/mol. The molecule has 0 radical (unpaired) electrons. The number of halogens is 2. The molecule has 0 fully saturated rings. The first-order valence-electron chi connectivity index (χ1n) is 7.99. The Morgan fingerprint density at radius 3 is 2.42 bits per heavy atom. The third kappa shape index (κ3) is 5.40. The number of rotatable bonds is 6. The van der Waals surface area contributed by atoms with Crippen molar-refractivity contribution in [1.29, 1.82) is 0 Å². The van der Waals surface area contributed by atoms with Gasteiger partial charge in [0.1, 0.15) is 0 Å². The predicted molar refractivity (Wildman–Crippen MR) is 108 cm³/mol. The van der Waals surface area contributed by atoms with Crippen molar-refractivity contribution in [2.75, 3.05) is 14.1 Å². The second-order valence-electron chi connectivity index (χ2n) is 5.81. The fourth-order valence-electron chi connectivity index (χ4n) is 2.38. The summed E-state index contributed by atoms with van der Waals surface area (Å²) in [5.74, 6) is -0.147. The summed E-state index contributed by atoms with van der Waals surface area (Å²) >= 11 is 13.5. The highest BCUT2D eigenvalue weighted by Crippen LogP contribution is 2.33. The second-order valence-corrected chi connectivity index (χ2v) is 8.03. The lowest BCUT2D eigenvalue weighted by molar-refractivity contribution is -0.129. The molecule has 2 aromatic carbocycles. The van der Waals surface area contributed by atoms with Gasteiger partial charge < -0.3 is 10.2 Å². The first kappa shape index (κ1) is 20.6. The Morgan fingerprint density at radius 1 is 1.15 bits per heavy atom. The summed E-state index contributed by atoms with van der Waals surface area (Å²) in [6.45, 7) is 2.30. The van der Waals surface area contributed by atoms with Crippen LogP contribution in [0.1, 0.15) is 22.8 Å². The minimum absolute atomic E-state index is 0.0126. The van der Waals surface area contributed by atoms with E-state index in [1.807, 2.05) is 19.1 Å². The fourth-order valence-corrected chi connectivity index (χ4v) is 3.90. The van der Waals surface area contributed by atoms with Crippen molar-refractivity contribution in [2.45, 2.75) is 23.6 Å². The van der Waals surface area contributed by atoms with Gasteiger partial charge in [0.15, 0.2) is 0 Å². The molecule has 1 N–H and O–H groups in total. The summed E-state index contributed by atoms with van der Waals surface area (Å²) in [5.41, 5.74) is 1.54. The van der Waals surface area contributed by atoms with Crippen molar-refractivity contribution < 1.29 is 9.59 Å². The summed E-state index contributed by atoms with van der Waals surface area (Å²) in [6, 6.07) is 12.4. The average Bonchev–Trinajstić information content (AvgIpc) is 2.63. The standard InChI is InChI=1S/C19H20Cl2N2O2S/c1-12(26-17-10-15(20)8-9-16(17)21)19(25)23(3)11-13-4-6-14(7-5-13)18(24)22-2/h4-10,12H,11H2,1-3H3,(H,22,24). The Bertz CT molecular complexity index is 797. The van der Waals surface area contributed by atoms with E-state index in [1.54, 1.807) is 49.3 Å². The largest absolute Gasteiger partial charge is 0.355 e. The van der Waals surface area contributed by atoms with Gasteiger partial charge in [-0.2, -0.15) is 0 Å². The quantitative estimate of drug-likeness (QED) is 0.713. The molecule has 138 valence electrons. The van der Waals surface area contributed by atoms with Gasteiger partial charge >= 0.3 is 0 Å². The molecule has 0 aromatic heterocycles. The smallest absolute Gasteiger partial charge is 0.251 e. The fraction of sp³-hybridized carbons (Fsp3) is 0.263. The van der Waals surface area contributed by atoms with Gasteiger partial charge in [-0.05, 0) is 42.8 Å². The molecule has 0 heterocycles. The van der Waals surface area contributed by atoms with Gasteiger partial charge in [0, 0.05) is 36.1 Å². The van der Waals surface area contributed by atoms with Crippen LogP contribution in [-0.4, -0.2) is 36.1 Å². The number of nitrogens with zero attached hydrogens (tertiary/aromatic N) is 1. The lowest BCUT2D eigenvalue weighted by Gasteiger charge is -2.21. The van der Waals surface area contributed by atoms with E-state index in [9.17, 15) is 9.59 Å². The van der Waals surface area contributed by atoms with Gasteiger partial charge in [-0.1, -0.05) is 35.3 Å². The first-order valence-corrected chi connectivity index (χ1v) is 9.63. The summed E-state index contributed by atoms with van der Waals surface area (Å²) in [5, 5.41) is 3.44. The van der Waals surface area contributed by atoms with Crippen LogP contribution in [0.3, 0.4) is 0 Å². The van der Waals surface area contributed by atoms with Gasteiger partial charge in [-0.15, -0.1) is 11.8 Å². The highest BCUT2D eigenvalue weighted by atomic mass is 35.5. The summed E-state index contributed by atoms with van der Waals surface area (Å²) < 4.78 is 0. The highest BCUT2D eigenvalue weighted by Gasteiger charge is 2.20. The maximum Gasteiger partial charge on any atom is 0.251 e. The highest BCUT2D eigenvalue weighted by molar-refractivity contribution is 8.00. The minimum Gasteiger partial charge on any atom is -0.355 e. The zero-order valence-electron chi connectivity index (χ0n) is 14.8. The van der Waals surface area contributed by atoms with E-state index in [-0.39, 0.29) is 17.1 Å². The van der Waals surface area contributed by atoms with Crippen molar-refractivity contribution in [1.82, 2.24) is 10.2 Å². The summed E-state index contributed by atoms with van der Waals surface area (Å²) in [4.78, 5) is 26.6. The number of benzene rings is 2. The molecule has 0 saturated heterocycles. The van der Waals surface area contributed by atoms with Crippen LogP contribution in [0, 0.1) is 0 Å². The number of nitrogens with one attached hydrogen (secondary N) is 1. The number of hydrogen-bond acceptors (Lipinski definition) is 3. The van der Waals surface area contributed by atoms with E-state index >= 15 is 0 Å². The molecule has 2 amide bonds. The zero-order chi connectivity index (χ0) is 19.3. The van der Waals surface area contributed by atoms with E-state index < -0.39 is 0 Å². The molecule has 7 heteroatoms. The Morgan fingerprint density at radius 2 is 1.81 bits per heavy atom. The zero-order valence-corrected chi connectivity index (χ0v) is 17.1.